The summed E-state index contributed by atoms with van der Waals surface area (Å²) in [5, 5.41) is 11.4. The van der Waals surface area contributed by atoms with Crippen LogP contribution >= 0.6 is 0 Å². The molecule has 2 fully saturated rings. The number of nitrogens with one attached hydrogen (secondary N) is 1. The molecule has 1 N–H and O–H groups in total. The third-order valence-corrected chi connectivity index (χ3v) is 4.33. The van der Waals surface area contributed by atoms with Crippen LogP contribution in [0.3, 0.4) is 0 Å². The number of rotatable bonds is 3. The van der Waals surface area contributed by atoms with Crippen LogP contribution in [-0.2, 0) is 0 Å². The van der Waals surface area contributed by atoms with E-state index in [1.807, 2.05) is 15.6 Å². The zero-order chi connectivity index (χ0) is 14.2. The van der Waals surface area contributed by atoms with Gasteiger partial charge in [-0.1, -0.05) is 0 Å². The van der Waals surface area contributed by atoms with E-state index in [1.54, 1.807) is 6.33 Å². The number of piperidine rings is 1. The molecule has 2 aromatic rings. The van der Waals surface area contributed by atoms with Crippen LogP contribution in [0, 0.1) is 0 Å². The van der Waals surface area contributed by atoms with E-state index in [2.05, 4.69) is 20.3 Å². The molecule has 0 unspecified atom stereocenters. The number of amides is 1. The highest BCUT2D eigenvalue weighted by atomic mass is 16.2. The number of H-pyrrole nitrogens is 1. The predicted octanol–water partition coefficient (Wildman–Crippen LogP) is 1.36. The van der Waals surface area contributed by atoms with Crippen molar-refractivity contribution >= 4 is 5.91 Å². The topological polar surface area (TPSA) is 79.7 Å². The Kier molecular flexibility index (Phi) is 2.98. The summed E-state index contributed by atoms with van der Waals surface area (Å²) < 4.78 is 1.85. The number of nitrogens with zero attached hydrogens (tertiary/aromatic N) is 5. The average Bonchev–Trinajstić information content (AvgIpc) is 3.05. The number of carbonyl (C=O) groups excluding carboxylic acids is 1. The smallest absolute Gasteiger partial charge is 0.274 e. The molecule has 7 heteroatoms. The molecule has 2 aliphatic rings. The Hall–Kier alpha value is -2.18. The van der Waals surface area contributed by atoms with Crippen LogP contribution in [0.4, 0.5) is 0 Å². The van der Waals surface area contributed by atoms with Gasteiger partial charge >= 0.3 is 0 Å². The van der Waals surface area contributed by atoms with Crippen molar-refractivity contribution in [3.63, 3.8) is 0 Å². The van der Waals surface area contributed by atoms with Gasteiger partial charge in [-0.05, 0) is 31.7 Å². The number of hydrogen-bond donors (Lipinski definition) is 1. The molecule has 1 atom stereocenters. The minimum Gasteiger partial charge on any atom is -0.335 e. The highest BCUT2D eigenvalue weighted by Gasteiger charge is 2.30. The second kappa shape index (κ2) is 4.98. The molecule has 1 aliphatic carbocycles. The van der Waals surface area contributed by atoms with Crippen molar-refractivity contribution in [2.45, 2.75) is 37.6 Å². The maximum Gasteiger partial charge on any atom is 0.274 e. The lowest BCUT2D eigenvalue weighted by molar-refractivity contribution is 0.0666. The number of likely N-dealkylation sites (tertiary alicyclic amines) is 1. The van der Waals surface area contributed by atoms with E-state index in [9.17, 15) is 4.79 Å². The van der Waals surface area contributed by atoms with Crippen LogP contribution in [0.15, 0.2) is 18.7 Å². The fourth-order valence-electron chi connectivity index (χ4n) is 2.97. The van der Waals surface area contributed by atoms with Gasteiger partial charge in [0.1, 0.15) is 18.3 Å². The highest BCUT2D eigenvalue weighted by Crippen LogP contribution is 2.39. The summed E-state index contributed by atoms with van der Waals surface area (Å²) in [5.74, 6) is 0.603. The van der Waals surface area contributed by atoms with Crippen molar-refractivity contribution in [1.82, 2.24) is 29.9 Å². The minimum atomic E-state index is 0.0166. The quantitative estimate of drug-likeness (QED) is 0.923. The predicted molar refractivity (Wildman–Crippen MR) is 74.8 cm³/mol. The Morgan fingerprint density at radius 2 is 2.24 bits per heavy atom. The molecule has 0 spiro atoms. The van der Waals surface area contributed by atoms with Gasteiger partial charge in [-0.15, -0.1) is 0 Å². The van der Waals surface area contributed by atoms with Gasteiger partial charge in [0, 0.05) is 24.7 Å². The third kappa shape index (κ3) is 2.43. The third-order valence-electron chi connectivity index (χ3n) is 4.33. The highest BCUT2D eigenvalue weighted by molar-refractivity contribution is 5.92. The van der Waals surface area contributed by atoms with Crippen molar-refractivity contribution in [3.8, 4) is 0 Å². The zero-order valence-corrected chi connectivity index (χ0v) is 11.8. The summed E-state index contributed by atoms with van der Waals surface area (Å²) >= 11 is 0. The normalized spacial score (nSPS) is 22.5. The van der Waals surface area contributed by atoms with E-state index in [0.717, 1.165) is 25.1 Å². The molecule has 110 valence electrons. The summed E-state index contributed by atoms with van der Waals surface area (Å²) in [4.78, 5) is 18.4. The first-order chi connectivity index (χ1) is 10.3. The standard InChI is InChI=1S/C14H18N6O/c21-14(13-6-12(17-18-13)10-3-4-10)19-5-1-2-11(7-19)20-9-15-8-16-20/h6,8-11H,1-5,7H2,(H,17,18)/t11-/m1/s1. The summed E-state index contributed by atoms with van der Waals surface area (Å²) in [5.41, 5.74) is 1.64. The molecule has 2 aromatic heterocycles. The Morgan fingerprint density at radius 3 is 3.00 bits per heavy atom. The van der Waals surface area contributed by atoms with E-state index in [4.69, 9.17) is 0 Å². The molecule has 1 amide bonds. The van der Waals surface area contributed by atoms with E-state index >= 15 is 0 Å². The molecule has 0 aromatic carbocycles. The van der Waals surface area contributed by atoms with Gasteiger partial charge in [-0.25, -0.2) is 9.67 Å². The van der Waals surface area contributed by atoms with Crippen LogP contribution in [0.5, 0.6) is 0 Å². The first kappa shape index (κ1) is 12.6. The molecule has 21 heavy (non-hydrogen) atoms. The van der Waals surface area contributed by atoms with Crippen molar-refractivity contribution in [1.29, 1.82) is 0 Å². The largest absolute Gasteiger partial charge is 0.335 e. The van der Waals surface area contributed by atoms with Crippen LogP contribution in [0.2, 0.25) is 0 Å². The Morgan fingerprint density at radius 1 is 1.33 bits per heavy atom. The molecule has 0 radical (unpaired) electrons. The summed E-state index contributed by atoms with van der Waals surface area (Å²) in [6.07, 6.45) is 7.67. The fourth-order valence-corrected chi connectivity index (χ4v) is 2.97. The maximum atomic E-state index is 12.6. The SMILES string of the molecule is O=C(c1cc(C2CC2)[nH]n1)N1CCC[C@@H](n2cncn2)C1. The van der Waals surface area contributed by atoms with Crippen LogP contribution in [0.1, 0.15) is 53.8 Å². The van der Waals surface area contributed by atoms with Crippen LogP contribution < -0.4 is 0 Å². The Balaban J connectivity index is 1.47. The Labute approximate surface area is 122 Å². The van der Waals surface area contributed by atoms with E-state index in [1.165, 1.54) is 19.2 Å². The zero-order valence-electron chi connectivity index (χ0n) is 11.8. The molecule has 3 heterocycles. The van der Waals surface area contributed by atoms with Crippen molar-refractivity contribution in [2.24, 2.45) is 0 Å². The number of aromatic nitrogens is 5. The van der Waals surface area contributed by atoms with Gasteiger partial charge in [0.25, 0.3) is 5.91 Å². The summed E-state index contributed by atoms with van der Waals surface area (Å²) in [6.45, 7) is 1.46. The average molecular weight is 286 g/mol. The number of aromatic amines is 1. The summed E-state index contributed by atoms with van der Waals surface area (Å²) in [7, 11) is 0. The van der Waals surface area contributed by atoms with Crippen LogP contribution in [-0.4, -0.2) is 48.9 Å². The molecule has 1 saturated heterocycles. The van der Waals surface area contributed by atoms with Crippen molar-refractivity contribution in [3.05, 3.63) is 30.1 Å². The lowest BCUT2D eigenvalue weighted by Gasteiger charge is -2.32. The van der Waals surface area contributed by atoms with E-state index in [0.29, 0.717) is 18.2 Å². The molecule has 4 rings (SSSR count). The molecule has 0 bridgehead atoms. The lowest BCUT2D eigenvalue weighted by atomic mass is 10.1. The van der Waals surface area contributed by atoms with Gasteiger partial charge in [-0.2, -0.15) is 10.2 Å². The molecule has 1 saturated carbocycles. The van der Waals surface area contributed by atoms with Gasteiger partial charge in [0.15, 0.2) is 0 Å². The Bertz CT molecular complexity index is 630. The first-order valence-electron chi connectivity index (χ1n) is 7.50. The molecular formula is C14H18N6O. The molecule has 7 nitrogen and oxygen atoms in total. The molecule has 1 aliphatic heterocycles. The van der Waals surface area contributed by atoms with E-state index < -0.39 is 0 Å². The van der Waals surface area contributed by atoms with Crippen molar-refractivity contribution < 1.29 is 4.79 Å². The van der Waals surface area contributed by atoms with Crippen LogP contribution in [0.25, 0.3) is 0 Å². The molecular weight excluding hydrogens is 268 g/mol. The first-order valence-corrected chi connectivity index (χ1v) is 7.50. The van der Waals surface area contributed by atoms with E-state index in [-0.39, 0.29) is 11.9 Å². The van der Waals surface area contributed by atoms with Gasteiger partial charge in [-0.3, -0.25) is 9.89 Å². The lowest BCUT2D eigenvalue weighted by Crippen LogP contribution is -2.41. The second-order valence-corrected chi connectivity index (χ2v) is 5.91. The summed E-state index contributed by atoms with van der Waals surface area (Å²) in [6, 6.07) is 2.13. The van der Waals surface area contributed by atoms with Gasteiger partial charge in [0.2, 0.25) is 0 Å². The fraction of sp³-hybridized carbons (Fsp3) is 0.571. The van der Waals surface area contributed by atoms with Gasteiger partial charge in [0.05, 0.1) is 6.04 Å². The second-order valence-electron chi connectivity index (χ2n) is 5.91. The number of carbonyl (C=O) groups is 1. The van der Waals surface area contributed by atoms with Gasteiger partial charge < -0.3 is 4.90 Å². The number of hydrogen-bond acceptors (Lipinski definition) is 4. The minimum absolute atomic E-state index is 0.0166. The maximum absolute atomic E-state index is 12.6. The van der Waals surface area contributed by atoms with Crippen molar-refractivity contribution in [2.75, 3.05) is 13.1 Å². The monoisotopic (exact) mass is 286 g/mol.